The molecule has 3 rings (SSSR count). The van der Waals surface area contributed by atoms with Crippen LogP contribution in [0.3, 0.4) is 0 Å². The van der Waals surface area contributed by atoms with Crippen LogP contribution >= 0.6 is 0 Å². The van der Waals surface area contributed by atoms with Gasteiger partial charge in [0.15, 0.2) is 5.42 Å². The topological polar surface area (TPSA) is 85.6 Å². The maximum Gasteiger partial charge on any atom is 0.339 e. The van der Waals surface area contributed by atoms with E-state index in [1.54, 1.807) is 31.2 Å². The van der Waals surface area contributed by atoms with E-state index in [-0.39, 0.29) is 21.8 Å². The van der Waals surface area contributed by atoms with Crippen LogP contribution in [0.5, 0.6) is 5.75 Å². The lowest BCUT2D eigenvalue weighted by molar-refractivity contribution is 0.402. The molecule has 0 atom stereocenters. The van der Waals surface area contributed by atoms with E-state index in [0.29, 0.717) is 10.8 Å². The Hall–Kier alpha value is -2.98. The van der Waals surface area contributed by atoms with Crippen molar-refractivity contribution in [1.82, 2.24) is 4.72 Å². The highest BCUT2D eigenvalue weighted by Gasteiger charge is 2.19. The molecular formula is C17H13NO5S. The van der Waals surface area contributed by atoms with Crippen molar-refractivity contribution in [2.45, 2.75) is 11.8 Å². The number of allylic oxidation sites excluding steroid dienone is 1. The number of hydrogen-bond acceptors (Lipinski definition) is 5. The van der Waals surface area contributed by atoms with Crippen molar-refractivity contribution in [3.63, 3.8) is 0 Å². The minimum absolute atomic E-state index is 0.0109. The zero-order valence-electron chi connectivity index (χ0n) is 12.9. The van der Waals surface area contributed by atoms with Gasteiger partial charge in [0, 0.05) is 10.8 Å². The van der Waals surface area contributed by atoms with Gasteiger partial charge >= 0.3 is 5.63 Å². The molecule has 24 heavy (non-hydrogen) atoms. The van der Waals surface area contributed by atoms with Crippen LogP contribution in [0, 0.1) is 6.92 Å². The summed E-state index contributed by atoms with van der Waals surface area (Å²) in [6.07, 6.45) is 1.52. The molecule has 1 aliphatic rings. The molecule has 2 aromatic rings. The van der Waals surface area contributed by atoms with Crippen LogP contribution in [-0.4, -0.2) is 15.5 Å². The molecule has 122 valence electrons. The highest BCUT2D eigenvalue weighted by Crippen LogP contribution is 2.23. The lowest BCUT2D eigenvalue weighted by Gasteiger charge is -2.11. The predicted molar refractivity (Wildman–Crippen MR) is 87.2 cm³/mol. The van der Waals surface area contributed by atoms with Crippen molar-refractivity contribution in [1.29, 1.82) is 0 Å². The van der Waals surface area contributed by atoms with Crippen LogP contribution in [-0.2, 0) is 10.0 Å². The zero-order valence-corrected chi connectivity index (χ0v) is 13.7. The summed E-state index contributed by atoms with van der Waals surface area (Å²) >= 11 is 0. The van der Waals surface area contributed by atoms with Crippen LogP contribution in [0.1, 0.15) is 5.56 Å². The third-order valence-electron chi connectivity index (χ3n) is 3.36. The Kier molecular flexibility index (Phi) is 3.91. The number of methoxy groups -OCH3 is 1. The molecule has 0 saturated heterocycles. The van der Waals surface area contributed by atoms with E-state index in [9.17, 15) is 13.2 Å². The first kappa shape index (κ1) is 15.9. The van der Waals surface area contributed by atoms with E-state index < -0.39 is 15.6 Å². The number of aryl methyl sites for hydroxylation is 1. The second kappa shape index (κ2) is 5.91. The summed E-state index contributed by atoms with van der Waals surface area (Å²) < 4.78 is 37.6. The molecule has 0 unspecified atom stereocenters. The van der Waals surface area contributed by atoms with Crippen molar-refractivity contribution in [3.8, 4) is 5.75 Å². The molecule has 0 fully saturated rings. The van der Waals surface area contributed by atoms with Gasteiger partial charge in [-0.15, -0.1) is 0 Å². The SMILES string of the molecule is COc1ccccc1S(=O)(=O)NC1=C=C=c2oc(=O)c(C)cc2=C1. The van der Waals surface area contributed by atoms with Gasteiger partial charge in [0.05, 0.1) is 7.11 Å². The van der Waals surface area contributed by atoms with Gasteiger partial charge in [-0.2, -0.15) is 0 Å². The number of nitrogens with one attached hydrogen (secondary N) is 1. The number of ether oxygens (including phenoxy) is 1. The first-order valence-electron chi connectivity index (χ1n) is 6.95. The average molecular weight is 343 g/mol. The summed E-state index contributed by atoms with van der Waals surface area (Å²) in [5, 5.41) is 0.545. The predicted octanol–water partition coefficient (Wildman–Crippen LogP) is 0.148. The van der Waals surface area contributed by atoms with Crippen molar-refractivity contribution < 1.29 is 17.6 Å². The number of sulfonamides is 1. The fourth-order valence-corrected chi connectivity index (χ4v) is 3.39. The molecule has 0 spiro atoms. The number of benzene rings is 1. The second-order valence-electron chi connectivity index (χ2n) is 5.07. The second-order valence-corrected chi connectivity index (χ2v) is 6.72. The standard InChI is InChI=1S/C17H13NO5S/c1-11-9-12-10-13(7-8-14(12)23-17(11)19)18-24(20,21)16-6-4-3-5-15(16)22-2/h3-6,9-10,18H,1-2H3. The van der Waals surface area contributed by atoms with Crippen LogP contribution in [0.25, 0.3) is 11.8 Å². The Labute approximate surface area is 137 Å². The van der Waals surface area contributed by atoms with Crippen LogP contribution < -0.4 is 25.7 Å². The van der Waals surface area contributed by atoms with Gasteiger partial charge in [0.25, 0.3) is 10.0 Å². The Balaban J connectivity index is 2.07. The van der Waals surface area contributed by atoms with E-state index in [4.69, 9.17) is 9.15 Å². The van der Waals surface area contributed by atoms with Gasteiger partial charge in [-0.1, -0.05) is 12.1 Å². The number of fused-ring (bicyclic) bond motifs is 1. The normalized spacial score (nSPS) is 12.5. The molecule has 6 nitrogen and oxygen atoms in total. The zero-order chi connectivity index (χ0) is 17.3. The van der Waals surface area contributed by atoms with E-state index in [0.717, 1.165) is 0 Å². The maximum absolute atomic E-state index is 12.5. The molecule has 0 aliphatic heterocycles. The van der Waals surface area contributed by atoms with Crippen molar-refractivity contribution in [3.05, 3.63) is 68.4 Å². The average Bonchev–Trinajstić information content (AvgIpc) is 2.56. The highest BCUT2D eigenvalue weighted by atomic mass is 32.2. The summed E-state index contributed by atoms with van der Waals surface area (Å²) in [7, 11) is -2.46. The quantitative estimate of drug-likeness (QED) is 0.799. The Bertz CT molecular complexity index is 1180. The molecule has 1 aliphatic carbocycles. The monoisotopic (exact) mass is 343 g/mol. The summed E-state index contributed by atoms with van der Waals surface area (Å²) in [6.45, 7) is 1.61. The van der Waals surface area contributed by atoms with E-state index in [1.165, 1.54) is 19.3 Å². The first-order valence-corrected chi connectivity index (χ1v) is 8.43. The molecule has 0 radical (unpaired) electrons. The summed E-state index contributed by atoms with van der Waals surface area (Å²) in [4.78, 5) is 11.5. The van der Waals surface area contributed by atoms with Gasteiger partial charge in [0.2, 0.25) is 0 Å². The molecule has 7 heteroatoms. The maximum atomic E-state index is 12.5. The molecular weight excluding hydrogens is 330 g/mol. The molecule has 0 saturated carbocycles. The third-order valence-corrected chi connectivity index (χ3v) is 4.77. The molecule has 1 aromatic heterocycles. The smallest absolute Gasteiger partial charge is 0.339 e. The van der Waals surface area contributed by atoms with Crippen molar-refractivity contribution >= 4 is 21.8 Å². The largest absolute Gasteiger partial charge is 0.495 e. The fraction of sp³-hybridized carbons (Fsp3) is 0.118. The summed E-state index contributed by atoms with van der Waals surface area (Å²) in [5.74, 6) is 0.233. The first-order chi connectivity index (χ1) is 11.4. The minimum Gasteiger partial charge on any atom is -0.495 e. The lowest BCUT2D eigenvalue weighted by atomic mass is 10.2. The fourth-order valence-electron chi connectivity index (χ4n) is 2.21. The van der Waals surface area contributed by atoms with Crippen molar-refractivity contribution in [2.24, 2.45) is 0 Å². The van der Waals surface area contributed by atoms with Gasteiger partial charge < -0.3 is 9.15 Å². The molecule has 0 bridgehead atoms. The van der Waals surface area contributed by atoms with E-state index >= 15 is 0 Å². The van der Waals surface area contributed by atoms with E-state index in [2.05, 4.69) is 16.2 Å². The third kappa shape index (κ3) is 2.92. The Morgan fingerprint density at radius 1 is 1.21 bits per heavy atom. The van der Waals surface area contributed by atoms with Crippen molar-refractivity contribution in [2.75, 3.05) is 7.11 Å². The lowest BCUT2D eigenvalue weighted by Crippen LogP contribution is -2.32. The summed E-state index contributed by atoms with van der Waals surface area (Å²) in [6, 6.07) is 7.88. The minimum atomic E-state index is -3.86. The van der Waals surface area contributed by atoms with E-state index in [1.807, 2.05) is 0 Å². The molecule has 1 heterocycles. The molecule has 1 aromatic carbocycles. The van der Waals surface area contributed by atoms with Gasteiger partial charge in [-0.05, 0) is 42.7 Å². The van der Waals surface area contributed by atoms with Gasteiger partial charge in [0.1, 0.15) is 16.3 Å². The highest BCUT2D eigenvalue weighted by molar-refractivity contribution is 7.89. The number of para-hydroxylation sites is 1. The van der Waals surface area contributed by atoms with Gasteiger partial charge in [-0.3, -0.25) is 4.72 Å². The number of rotatable bonds is 4. The molecule has 1 N–H and O–H groups in total. The Morgan fingerprint density at radius 3 is 2.71 bits per heavy atom. The van der Waals surface area contributed by atoms with Crippen LogP contribution in [0.4, 0.5) is 0 Å². The number of hydrogen-bond donors (Lipinski definition) is 1. The van der Waals surface area contributed by atoms with Crippen LogP contribution in [0.2, 0.25) is 0 Å². The molecule has 0 amide bonds. The van der Waals surface area contributed by atoms with Gasteiger partial charge in [-0.25, -0.2) is 13.2 Å². The summed E-state index contributed by atoms with van der Waals surface area (Å²) in [5.41, 5.74) is 5.62. The Morgan fingerprint density at radius 2 is 1.96 bits per heavy atom. The van der Waals surface area contributed by atoms with Crippen LogP contribution in [0.15, 0.2) is 55.9 Å².